The van der Waals surface area contributed by atoms with Crippen molar-refractivity contribution in [3.63, 3.8) is 0 Å². The fraction of sp³-hybridized carbons (Fsp3) is 0.500. The van der Waals surface area contributed by atoms with Gasteiger partial charge in [-0.3, -0.25) is 9.36 Å². The molecule has 0 aliphatic rings. The molecule has 2 rings (SSSR count). The lowest BCUT2D eigenvalue weighted by Gasteiger charge is -2.14. The summed E-state index contributed by atoms with van der Waals surface area (Å²) in [6.45, 7) is 5.13. The molecule has 0 aliphatic heterocycles. The third-order valence-corrected chi connectivity index (χ3v) is 2.94. The van der Waals surface area contributed by atoms with E-state index in [9.17, 15) is 0 Å². The van der Waals surface area contributed by atoms with E-state index in [1.165, 1.54) is 5.69 Å². The molecule has 0 amide bonds. The van der Waals surface area contributed by atoms with Crippen molar-refractivity contribution in [2.24, 2.45) is 7.05 Å². The van der Waals surface area contributed by atoms with Gasteiger partial charge < -0.3 is 5.32 Å². The summed E-state index contributed by atoms with van der Waals surface area (Å²) in [7, 11) is 1.91. The zero-order chi connectivity index (χ0) is 12.3. The number of anilines is 1. The van der Waals surface area contributed by atoms with Crippen LogP contribution in [0.1, 0.15) is 32.0 Å². The van der Waals surface area contributed by atoms with E-state index in [-0.39, 0.29) is 0 Å². The minimum Gasteiger partial charge on any atom is -0.377 e. The Labute approximate surface area is 101 Å². The van der Waals surface area contributed by atoms with Crippen molar-refractivity contribution in [3.05, 3.63) is 30.4 Å². The lowest BCUT2D eigenvalue weighted by atomic mass is 10.2. The first-order chi connectivity index (χ1) is 8.20. The number of hydrogen-bond acceptors (Lipinski definition) is 3. The second-order valence-electron chi connectivity index (χ2n) is 4.28. The van der Waals surface area contributed by atoms with Crippen LogP contribution in [-0.4, -0.2) is 19.6 Å². The first kappa shape index (κ1) is 11.7. The fourth-order valence-electron chi connectivity index (χ4n) is 1.76. The van der Waals surface area contributed by atoms with Crippen LogP contribution in [0, 0.1) is 0 Å². The van der Waals surface area contributed by atoms with Crippen LogP contribution in [0.15, 0.2) is 24.7 Å². The van der Waals surface area contributed by atoms with Crippen molar-refractivity contribution in [2.75, 3.05) is 5.32 Å². The van der Waals surface area contributed by atoms with Crippen LogP contribution < -0.4 is 5.32 Å². The van der Waals surface area contributed by atoms with Crippen molar-refractivity contribution in [1.82, 2.24) is 19.6 Å². The average molecular weight is 233 g/mol. The van der Waals surface area contributed by atoms with E-state index in [1.807, 2.05) is 25.6 Å². The Balaban J connectivity index is 2.01. The molecule has 2 aromatic rings. The van der Waals surface area contributed by atoms with Gasteiger partial charge in [0.25, 0.3) is 0 Å². The Morgan fingerprint density at radius 2 is 2.24 bits per heavy atom. The molecule has 0 aliphatic carbocycles. The molecule has 0 spiro atoms. The van der Waals surface area contributed by atoms with Gasteiger partial charge in [-0.2, -0.15) is 10.2 Å². The van der Waals surface area contributed by atoms with Gasteiger partial charge in [-0.1, -0.05) is 6.92 Å². The first-order valence-corrected chi connectivity index (χ1v) is 5.95. The Morgan fingerprint density at radius 3 is 2.88 bits per heavy atom. The molecule has 1 unspecified atom stereocenters. The third kappa shape index (κ3) is 2.67. The Kier molecular flexibility index (Phi) is 3.46. The molecule has 1 atom stereocenters. The van der Waals surface area contributed by atoms with Crippen molar-refractivity contribution in [2.45, 2.75) is 32.9 Å². The highest BCUT2D eigenvalue weighted by atomic mass is 15.3. The molecule has 0 saturated carbocycles. The summed E-state index contributed by atoms with van der Waals surface area (Å²) < 4.78 is 3.86. The van der Waals surface area contributed by atoms with Crippen molar-refractivity contribution < 1.29 is 0 Å². The summed E-state index contributed by atoms with van der Waals surface area (Å²) in [5, 5.41) is 11.8. The molecule has 92 valence electrons. The number of aryl methyl sites for hydroxylation is 1. The molecular weight excluding hydrogens is 214 g/mol. The van der Waals surface area contributed by atoms with Crippen molar-refractivity contribution in [1.29, 1.82) is 0 Å². The lowest BCUT2D eigenvalue weighted by Crippen LogP contribution is -2.12. The zero-order valence-electron chi connectivity index (χ0n) is 10.6. The summed E-state index contributed by atoms with van der Waals surface area (Å²) in [5.41, 5.74) is 2.23. The van der Waals surface area contributed by atoms with Crippen molar-refractivity contribution >= 4 is 5.69 Å². The lowest BCUT2D eigenvalue weighted by molar-refractivity contribution is 0.462. The Bertz CT molecular complexity index is 471. The molecule has 17 heavy (non-hydrogen) atoms. The number of rotatable bonds is 5. The molecular formula is C12H19N5. The normalized spacial score (nSPS) is 12.6. The second kappa shape index (κ2) is 5.03. The predicted octanol–water partition coefficient (Wildman–Crippen LogP) is 2.20. The maximum Gasteiger partial charge on any atom is 0.0729 e. The maximum atomic E-state index is 4.36. The van der Waals surface area contributed by atoms with Gasteiger partial charge in [0, 0.05) is 25.5 Å². The SMILES string of the molecule is CCC(C)n1nccc1CNc1cnn(C)c1. The Morgan fingerprint density at radius 1 is 1.41 bits per heavy atom. The summed E-state index contributed by atoms with van der Waals surface area (Å²) in [5.74, 6) is 0. The van der Waals surface area contributed by atoms with Gasteiger partial charge in [-0.05, 0) is 19.4 Å². The summed E-state index contributed by atoms with van der Waals surface area (Å²) in [6.07, 6.45) is 6.72. The molecule has 1 N–H and O–H groups in total. The van der Waals surface area contributed by atoms with Gasteiger partial charge in [0.15, 0.2) is 0 Å². The second-order valence-corrected chi connectivity index (χ2v) is 4.28. The molecule has 2 aromatic heterocycles. The van der Waals surface area contributed by atoms with E-state index >= 15 is 0 Å². The van der Waals surface area contributed by atoms with E-state index in [0.29, 0.717) is 6.04 Å². The van der Waals surface area contributed by atoms with E-state index in [4.69, 9.17) is 0 Å². The van der Waals surface area contributed by atoms with Gasteiger partial charge in [-0.25, -0.2) is 0 Å². The largest absolute Gasteiger partial charge is 0.377 e. The van der Waals surface area contributed by atoms with E-state index in [2.05, 4.69) is 40.1 Å². The van der Waals surface area contributed by atoms with Crippen LogP contribution >= 0.6 is 0 Å². The fourth-order valence-corrected chi connectivity index (χ4v) is 1.76. The minimum absolute atomic E-state index is 0.440. The minimum atomic E-state index is 0.440. The van der Waals surface area contributed by atoms with Crippen LogP contribution in [-0.2, 0) is 13.6 Å². The molecule has 0 saturated heterocycles. The van der Waals surface area contributed by atoms with Gasteiger partial charge >= 0.3 is 0 Å². The van der Waals surface area contributed by atoms with E-state index in [1.54, 1.807) is 4.68 Å². The molecule has 5 heteroatoms. The van der Waals surface area contributed by atoms with Gasteiger partial charge in [0.1, 0.15) is 0 Å². The number of hydrogen-bond donors (Lipinski definition) is 1. The number of nitrogens with zero attached hydrogens (tertiary/aromatic N) is 4. The van der Waals surface area contributed by atoms with Gasteiger partial charge in [0.2, 0.25) is 0 Å². The van der Waals surface area contributed by atoms with Gasteiger partial charge in [-0.15, -0.1) is 0 Å². The third-order valence-electron chi connectivity index (χ3n) is 2.94. The molecule has 0 bridgehead atoms. The van der Waals surface area contributed by atoms with E-state index < -0.39 is 0 Å². The summed E-state index contributed by atoms with van der Waals surface area (Å²) in [6, 6.07) is 2.49. The monoisotopic (exact) mass is 233 g/mol. The summed E-state index contributed by atoms with van der Waals surface area (Å²) >= 11 is 0. The number of aromatic nitrogens is 4. The smallest absolute Gasteiger partial charge is 0.0729 e. The molecule has 0 aromatic carbocycles. The maximum absolute atomic E-state index is 4.36. The molecule has 2 heterocycles. The zero-order valence-corrected chi connectivity index (χ0v) is 10.6. The predicted molar refractivity (Wildman–Crippen MR) is 67.8 cm³/mol. The quantitative estimate of drug-likeness (QED) is 0.861. The molecule has 0 radical (unpaired) electrons. The molecule has 5 nitrogen and oxygen atoms in total. The first-order valence-electron chi connectivity index (χ1n) is 5.95. The molecule has 0 fully saturated rings. The van der Waals surface area contributed by atoms with Crippen molar-refractivity contribution in [3.8, 4) is 0 Å². The van der Waals surface area contributed by atoms with Crippen LogP contribution in [0.5, 0.6) is 0 Å². The van der Waals surface area contributed by atoms with Crippen LogP contribution in [0.3, 0.4) is 0 Å². The Hall–Kier alpha value is -1.78. The summed E-state index contributed by atoms with van der Waals surface area (Å²) in [4.78, 5) is 0. The van der Waals surface area contributed by atoms with Crippen LogP contribution in [0.2, 0.25) is 0 Å². The highest BCUT2D eigenvalue weighted by Gasteiger charge is 2.08. The topological polar surface area (TPSA) is 47.7 Å². The number of nitrogens with one attached hydrogen (secondary N) is 1. The van der Waals surface area contributed by atoms with E-state index in [0.717, 1.165) is 18.7 Å². The highest BCUT2D eigenvalue weighted by Crippen LogP contribution is 2.13. The highest BCUT2D eigenvalue weighted by molar-refractivity contribution is 5.38. The van der Waals surface area contributed by atoms with Crippen LogP contribution in [0.25, 0.3) is 0 Å². The standard InChI is InChI=1S/C12H19N5/c1-4-10(2)17-12(5-6-14-17)8-13-11-7-15-16(3)9-11/h5-7,9-10,13H,4,8H2,1-3H3. The van der Waals surface area contributed by atoms with Gasteiger partial charge in [0.05, 0.1) is 24.1 Å². The average Bonchev–Trinajstić information content (AvgIpc) is 2.94. The van der Waals surface area contributed by atoms with Crippen LogP contribution in [0.4, 0.5) is 5.69 Å².